The molecule has 0 bridgehead atoms. The summed E-state index contributed by atoms with van der Waals surface area (Å²) in [5.74, 6) is 0.243. The summed E-state index contributed by atoms with van der Waals surface area (Å²) in [5, 5.41) is 3.42. The third kappa shape index (κ3) is 1.55. The predicted molar refractivity (Wildman–Crippen MR) is 60.1 cm³/mol. The van der Waals surface area contributed by atoms with Crippen LogP contribution in [-0.2, 0) is 9.53 Å². The fourth-order valence-corrected chi connectivity index (χ4v) is 3.23. The number of hydrogen-bond acceptors (Lipinski definition) is 3. The van der Waals surface area contributed by atoms with E-state index in [0.29, 0.717) is 0 Å². The summed E-state index contributed by atoms with van der Waals surface area (Å²) >= 11 is 0. The molecular weight excluding hydrogens is 204 g/mol. The Morgan fingerprint density at radius 1 is 1.38 bits per heavy atom. The summed E-state index contributed by atoms with van der Waals surface area (Å²) < 4.78 is 5.49. The van der Waals surface area contributed by atoms with Gasteiger partial charge in [-0.1, -0.05) is 0 Å². The van der Waals surface area contributed by atoms with Crippen molar-refractivity contribution >= 4 is 5.91 Å². The number of amides is 1. The number of nitrogens with one attached hydrogen (secondary N) is 1. The lowest BCUT2D eigenvalue weighted by Gasteiger charge is -2.55. The van der Waals surface area contributed by atoms with Crippen LogP contribution >= 0.6 is 0 Å². The Labute approximate surface area is 96.3 Å². The van der Waals surface area contributed by atoms with Crippen LogP contribution in [-0.4, -0.2) is 48.7 Å². The van der Waals surface area contributed by atoms with Gasteiger partial charge < -0.3 is 15.0 Å². The van der Waals surface area contributed by atoms with Crippen molar-refractivity contribution in [2.75, 3.05) is 26.2 Å². The molecule has 0 aliphatic carbocycles. The van der Waals surface area contributed by atoms with Gasteiger partial charge in [0.2, 0.25) is 0 Å². The van der Waals surface area contributed by atoms with Crippen molar-refractivity contribution in [2.24, 2.45) is 0 Å². The normalized spacial score (nSPS) is 38.8. The van der Waals surface area contributed by atoms with E-state index in [2.05, 4.69) is 10.2 Å². The molecule has 3 heterocycles. The first-order chi connectivity index (χ1) is 7.82. The Bertz CT molecular complexity index is 281. The molecule has 3 fully saturated rings. The quantitative estimate of drug-likeness (QED) is 0.706. The lowest BCUT2D eigenvalue weighted by atomic mass is 9.78. The Morgan fingerprint density at radius 2 is 2.31 bits per heavy atom. The maximum atomic E-state index is 12.3. The largest absolute Gasteiger partial charge is 0.368 e. The molecule has 1 N–H and O–H groups in total. The first-order valence-corrected chi connectivity index (χ1v) is 6.46. The predicted octanol–water partition coefficient (Wildman–Crippen LogP) is 0.520. The van der Waals surface area contributed by atoms with Gasteiger partial charge in [0.05, 0.1) is 5.54 Å². The van der Waals surface area contributed by atoms with E-state index in [0.717, 1.165) is 39.1 Å². The lowest BCUT2D eigenvalue weighted by Crippen LogP contribution is -2.69. The molecule has 1 amide bonds. The Kier molecular flexibility index (Phi) is 2.64. The maximum Gasteiger partial charge on any atom is 0.252 e. The Balaban J connectivity index is 1.67. The third-order valence-corrected chi connectivity index (χ3v) is 4.29. The van der Waals surface area contributed by atoms with Gasteiger partial charge in [0.25, 0.3) is 5.91 Å². The van der Waals surface area contributed by atoms with Crippen molar-refractivity contribution < 1.29 is 9.53 Å². The number of rotatable bonds is 1. The van der Waals surface area contributed by atoms with Gasteiger partial charge in [0, 0.05) is 19.7 Å². The summed E-state index contributed by atoms with van der Waals surface area (Å²) in [6, 6.07) is 0. The van der Waals surface area contributed by atoms with Crippen molar-refractivity contribution in [3.05, 3.63) is 0 Å². The second-order valence-electron chi connectivity index (χ2n) is 5.25. The van der Waals surface area contributed by atoms with Crippen LogP contribution in [0.1, 0.15) is 32.1 Å². The van der Waals surface area contributed by atoms with E-state index in [1.807, 2.05) is 0 Å². The minimum atomic E-state index is -0.140. The van der Waals surface area contributed by atoms with Crippen molar-refractivity contribution in [2.45, 2.75) is 43.7 Å². The molecule has 0 aromatic carbocycles. The van der Waals surface area contributed by atoms with Gasteiger partial charge in [0.1, 0.15) is 6.10 Å². The highest BCUT2D eigenvalue weighted by Gasteiger charge is 2.49. The molecule has 0 unspecified atom stereocenters. The van der Waals surface area contributed by atoms with Crippen LogP contribution in [0.3, 0.4) is 0 Å². The van der Waals surface area contributed by atoms with Crippen molar-refractivity contribution in [1.29, 1.82) is 0 Å². The third-order valence-electron chi connectivity index (χ3n) is 4.29. The lowest BCUT2D eigenvalue weighted by molar-refractivity contribution is -0.159. The SMILES string of the molecule is O=C([C@@H]1CCCO1)N1CC[C@]12CCCNC2. The average Bonchev–Trinajstić information content (AvgIpc) is 2.82. The molecule has 16 heavy (non-hydrogen) atoms. The molecule has 3 aliphatic rings. The standard InChI is InChI=1S/C12H20N2O2/c15-11(10-3-1-8-16-10)14-7-5-12(14)4-2-6-13-9-12/h10,13H,1-9H2/t10-,12-/m0/s1. The van der Waals surface area contributed by atoms with Crippen molar-refractivity contribution in [3.63, 3.8) is 0 Å². The maximum absolute atomic E-state index is 12.3. The summed E-state index contributed by atoms with van der Waals surface area (Å²) in [6.07, 6.45) is 5.33. The highest BCUT2D eigenvalue weighted by Crippen LogP contribution is 2.37. The Hall–Kier alpha value is -0.610. The van der Waals surface area contributed by atoms with Gasteiger partial charge in [0.15, 0.2) is 0 Å². The zero-order valence-corrected chi connectivity index (χ0v) is 9.71. The van der Waals surface area contributed by atoms with E-state index in [9.17, 15) is 4.79 Å². The van der Waals surface area contributed by atoms with Crippen LogP contribution in [0.5, 0.6) is 0 Å². The van der Waals surface area contributed by atoms with E-state index >= 15 is 0 Å². The number of nitrogens with zero attached hydrogens (tertiary/aromatic N) is 1. The molecule has 3 aliphatic heterocycles. The smallest absolute Gasteiger partial charge is 0.252 e. The first kappa shape index (κ1) is 10.5. The molecule has 0 saturated carbocycles. The molecule has 1 spiro atoms. The molecule has 0 aromatic rings. The van der Waals surface area contributed by atoms with E-state index < -0.39 is 0 Å². The van der Waals surface area contributed by atoms with Gasteiger partial charge in [-0.2, -0.15) is 0 Å². The number of carbonyl (C=O) groups excluding carboxylic acids is 1. The fraction of sp³-hybridized carbons (Fsp3) is 0.917. The topological polar surface area (TPSA) is 41.6 Å². The van der Waals surface area contributed by atoms with Crippen molar-refractivity contribution in [1.82, 2.24) is 10.2 Å². The molecule has 4 nitrogen and oxygen atoms in total. The zero-order chi connectivity index (χ0) is 11.0. The van der Waals surface area contributed by atoms with Gasteiger partial charge in [-0.3, -0.25) is 4.79 Å². The van der Waals surface area contributed by atoms with Crippen LogP contribution < -0.4 is 5.32 Å². The summed E-state index contributed by atoms with van der Waals surface area (Å²) in [7, 11) is 0. The minimum absolute atomic E-state index is 0.140. The molecule has 0 aromatic heterocycles. The van der Waals surface area contributed by atoms with Crippen LogP contribution in [0.25, 0.3) is 0 Å². The molecule has 3 saturated heterocycles. The monoisotopic (exact) mass is 224 g/mol. The first-order valence-electron chi connectivity index (χ1n) is 6.46. The van der Waals surface area contributed by atoms with E-state index in [4.69, 9.17) is 4.74 Å². The van der Waals surface area contributed by atoms with E-state index in [-0.39, 0.29) is 17.6 Å². The fourth-order valence-electron chi connectivity index (χ4n) is 3.23. The van der Waals surface area contributed by atoms with Crippen LogP contribution in [0.15, 0.2) is 0 Å². The molecule has 4 heteroatoms. The number of carbonyl (C=O) groups is 1. The Morgan fingerprint density at radius 3 is 2.88 bits per heavy atom. The second-order valence-corrected chi connectivity index (χ2v) is 5.25. The number of ether oxygens (including phenoxy) is 1. The molecule has 90 valence electrons. The molecule has 3 rings (SSSR count). The number of likely N-dealkylation sites (tertiary alicyclic amines) is 1. The average molecular weight is 224 g/mol. The summed E-state index contributed by atoms with van der Waals surface area (Å²) in [6.45, 7) is 3.77. The van der Waals surface area contributed by atoms with Gasteiger partial charge in [-0.05, 0) is 38.6 Å². The van der Waals surface area contributed by atoms with Gasteiger partial charge >= 0.3 is 0 Å². The van der Waals surface area contributed by atoms with E-state index in [1.54, 1.807) is 0 Å². The number of hydrogen-bond donors (Lipinski definition) is 1. The minimum Gasteiger partial charge on any atom is -0.368 e. The molecule has 0 radical (unpaired) electrons. The second kappa shape index (κ2) is 4.00. The van der Waals surface area contributed by atoms with Gasteiger partial charge in [-0.25, -0.2) is 0 Å². The molecule has 2 atom stereocenters. The van der Waals surface area contributed by atoms with Crippen LogP contribution in [0.4, 0.5) is 0 Å². The van der Waals surface area contributed by atoms with Crippen LogP contribution in [0, 0.1) is 0 Å². The molecular formula is C12H20N2O2. The summed E-state index contributed by atoms with van der Waals surface area (Å²) in [4.78, 5) is 14.4. The highest BCUT2D eigenvalue weighted by molar-refractivity contribution is 5.83. The summed E-state index contributed by atoms with van der Waals surface area (Å²) in [5.41, 5.74) is 0.140. The zero-order valence-electron chi connectivity index (χ0n) is 9.71. The van der Waals surface area contributed by atoms with E-state index in [1.165, 1.54) is 19.3 Å². The van der Waals surface area contributed by atoms with Crippen LogP contribution in [0.2, 0.25) is 0 Å². The highest BCUT2D eigenvalue weighted by atomic mass is 16.5. The van der Waals surface area contributed by atoms with Crippen molar-refractivity contribution in [3.8, 4) is 0 Å². The van der Waals surface area contributed by atoms with Gasteiger partial charge in [-0.15, -0.1) is 0 Å². The number of piperidine rings is 1.